The summed E-state index contributed by atoms with van der Waals surface area (Å²) in [6.07, 6.45) is 6.76. The molecule has 0 saturated carbocycles. The maximum Gasteiger partial charge on any atom is 0.303 e. The molecule has 1 rings (SSSR count). The van der Waals surface area contributed by atoms with Crippen LogP contribution in [0.2, 0.25) is 0 Å². The van der Waals surface area contributed by atoms with Crippen molar-refractivity contribution in [3.63, 3.8) is 0 Å². The Kier molecular flexibility index (Phi) is 7.43. The van der Waals surface area contributed by atoms with Crippen LogP contribution in [0.25, 0.3) is 0 Å². The molecular weight excluding hydrogens is 276 g/mol. The predicted octanol–water partition coefficient (Wildman–Crippen LogP) is 4.49. The molecule has 0 spiro atoms. The van der Waals surface area contributed by atoms with Crippen molar-refractivity contribution in [2.24, 2.45) is 0 Å². The molecule has 1 aliphatic carbocycles. The summed E-state index contributed by atoms with van der Waals surface area (Å²) in [5, 5.41) is 20.9. The normalized spacial score (nSPS) is 15.0. The van der Waals surface area contributed by atoms with Gasteiger partial charge in [0.2, 0.25) is 0 Å². The Morgan fingerprint density at radius 1 is 0.773 bits per heavy atom. The molecule has 1 N–H and O–H groups in total. The van der Waals surface area contributed by atoms with Crippen LogP contribution in [0.5, 0.6) is 0 Å². The van der Waals surface area contributed by atoms with Gasteiger partial charge in [-0.2, -0.15) is 0 Å². The zero-order valence-corrected chi connectivity index (χ0v) is 14.4. The molecule has 0 saturated heterocycles. The first kappa shape index (κ1) is 18.5. The highest BCUT2D eigenvalue weighted by molar-refractivity contribution is 5.66. The predicted molar refractivity (Wildman–Crippen MR) is 88.3 cm³/mol. The van der Waals surface area contributed by atoms with Crippen LogP contribution >= 0.6 is 0 Å². The van der Waals surface area contributed by atoms with Gasteiger partial charge < -0.3 is 10.2 Å². The van der Waals surface area contributed by atoms with Gasteiger partial charge in [0, 0.05) is 6.42 Å². The molecular formula is C19H29O3-. The van der Waals surface area contributed by atoms with Gasteiger partial charge in [0.1, 0.15) is 0 Å². The topological polar surface area (TPSA) is 60.4 Å². The number of carboxylic acids is 1. The van der Waals surface area contributed by atoms with E-state index in [2.05, 4.69) is 13.8 Å². The number of hydrogen-bond donors (Lipinski definition) is 1. The Morgan fingerprint density at radius 2 is 1.18 bits per heavy atom. The molecule has 1 aliphatic rings. The number of allylic oxidation sites excluding steroid dienone is 6. The zero-order valence-electron chi connectivity index (χ0n) is 14.4. The van der Waals surface area contributed by atoms with Crippen LogP contribution in [0.1, 0.15) is 79.1 Å². The van der Waals surface area contributed by atoms with E-state index in [1.165, 1.54) is 11.1 Å². The second-order valence-electron chi connectivity index (χ2n) is 6.31. The fourth-order valence-corrected chi connectivity index (χ4v) is 3.03. The Hall–Kier alpha value is -1.51. The number of hydrogen-bond acceptors (Lipinski definition) is 2. The fraction of sp³-hybridized carbons (Fsp3) is 0.632. The second kappa shape index (κ2) is 8.82. The van der Waals surface area contributed by atoms with Crippen molar-refractivity contribution in [2.75, 3.05) is 0 Å². The lowest BCUT2D eigenvalue weighted by atomic mass is 10.00. The molecule has 0 heterocycles. The molecule has 0 unspecified atom stereocenters. The van der Waals surface area contributed by atoms with Crippen LogP contribution in [0.4, 0.5) is 0 Å². The number of aliphatic carboxylic acids is 1. The summed E-state index contributed by atoms with van der Waals surface area (Å²) < 4.78 is 0. The second-order valence-corrected chi connectivity index (χ2v) is 6.31. The third-order valence-electron chi connectivity index (χ3n) is 4.76. The number of carboxylic acid groups (broad SMARTS) is 1. The van der Waals surface area contributed by atoms with Gasteiger partial charge in [-0.05, 0) is 68.4 Å². The summed E-state index contributed by atoms with van der Waals surface area (Å²) >= 11 is 0. The van der Waals surface area contributed by atoms with Gasteiger partial charge in [0.25, 0.3) is 0 Å². The molecule has 3 nitrogen and oxygen atoms in total. The SMILES string of the molecule is CC1=C(C)C(=C([O-])CCCCCCCCC(=O)O)C(C)=C1C. The summed E-state index contributed by atoms with van der Waals surface area (Å²) in [6, 6.07) is 0. The maximum atomic E-state index is 12.4. The first-order valence-corrected chi connectivity index (χ1v) is 8.34. The summed E-state index contributed by atoms with van der Waals surface area (Å²) in [5.74, 6) is -0.436. The fourth-order valence-electron chi connectivity index (χ4n) is 3.03. The summed E-state index contributed by atoms with van der Waals surface area (Å²) in [6.45, 7) is 8.27. The van der Waals surface area contributed by atoms with Crippen molar-refractivity contribution in [1.82, 2.24) is 0 Å². The van der Waals surface area contributed by atoms with Crippen LogP contribution in [0.3, 0.4) is 0 Å². The Labute approximate surface area is 134 Å². The van der Waals surface area contributed by atoms with E-state index in [0.717, 1.165) is 55.2 Å². The summed E-state index contributed by atoms with van der Waals surface area (Å²) in [7, 11) is 0. The molecule has 0 aromatic rings. The van der Waals surface area contributed by atoms with Crippen LogP contribution in [-0.2, 0) is 4.79 Å². The van der Waals surface area contributed by atoms with E-state index in [-0.39, 0.29) is 12.2 Å². The molecule has 124 valence electrons. The standard InChI is InChI=1S/C19H30O3/c1-13-14(2)16(4)19(15(13)3)17(20)11-9-7-5-6-8-10-12-18(21)22/h20H,5-12H2,1-4H3,(H,21,22)/p-1. The van der Waals surface area contributed by atoms with Gasteiger partial charge in [-0.25, -0.2) is 0 Å². The largest absolute Gasteiger partial charge is 0.875 e. The van der Waals surface area contributed by atoms with Gasteiger partial charge in [0.15, 0.2) is 0 Å². The van der Waals surface area contributed by atoms with E-state index < -0.39 is 5.97 Å². The van der Waals surface area contributed by atoms with Crippen molar-refractivity contribution in [3.05, 3.63) is 33.6 Å². The number of carbonyl (C=O) groups is 1. The van der Waals surface area contributed by atoms with Crippen LogP contribution in [0, 0.1) is 0 Å². The van der Waals surface area contributed by atoms with Crippen LogP contribution in [0.15, 0.2) is 33.6 Å². The third-order valence-corrected chi connectivity index (χ3v) is 4.76. The van der Waals surface area contributed by atoms with E-state index in [1.54, 1.807) is 0 Å². The van der Waals surface area contributed by atoms with Gasteiger partial charge in [-0.3, -0.25) is 4.79 Å². The minimum atomic E-state index is -0.711. The van der Waals surface area contributed by atoms with E-state index >= 15 is 0 Å². The van der Waals surface area contributed by atoms with E-state index in [0.29, 0.717) is 6.42 Å². The summed E-state index contributed by atoms with van der Waals surface area (Å²) in [4.78, 5) is 10.4. The smallest absolute Gasteiger partial charge is 0.303 e. The third kappa shape index (κ3) is 5.04. The van der Waals surface area contributed by atoms with Gasteiger partial charge in [-0.1, -0.05) is 32.1 Å². The lowest BCUT2D eigenvalue weighted by molar-refractivity contribution is -0.308. The van der Waals surface area contributed by atoms with Gasteiger partial charge >= 0.3 is 5.97 Å². The number of rotatable bonds is 9. The molecule has 0 aromatic heterocycles. The molecule has 22 heavy (non-hydrogen) atoms. The first-order valence-electron chi connectivity index (χ1n) is 8.34. The van der Waals surface area contributed by atoms with Crippen molar-refractivity contribution >= 4 is 5.97 Å². The quantitative estimate of drug-likeness (QED) is 0.504. The van der Waals surface area contributed by atoms with Crippen molar-refractivity contribution < 1.29 is 15.0 Å². The van der Waals surface area contributed by atoms with Gasteiger partial charge in [-0.15, -0.1) is 5.76 Å². The monoisotopic (exact) mass is 305 g/mol. The summed E-state index contributed by atoms with van der Waals surface area (Å²) in [5.41, 5.74) is 5.73. The highest BCUT2D eigenvalue weighted by atomic mass is 16.4. The Bertz CT molecular complexity index is 481. The highest BCUT2D eigenvalue weighted by Gasteiger charge is 2.18. The molecule has 3 heteroatoms. The van der Waals surface area contributed by atoms with Crippen molar-refractivity contribution in [3.8, 4) is 0 Å². The van der Waals surface area contributed by atoms with Crippen molar-refractivity contribution in [2.45, 2.75) is 79.1 Å². The number of unbranched alkanes of at least 4 members (excludes halogenated alkanes) is 5. The molecule has 0 fully saturated rings. The molecule has 0 amide bonds. The van der Waals surface area contributed by atoms with E-state index in [4.69, 9.17) is 5.11 Å². The minimum absolute atomic E-state index is 0.271. The molecule has 0 atom stereocenters. The zero-order chi connectivity index (χ0) is 16.7. The lowest BCUT2D eigenvalue weighted by Gasteiger charge is -2.19. The lowest BCUT2D eigenvalue weighted by Crippen LogP contribution is -2.08. The van der Waals surface area contributed by atoms with E-state index in [9.17, 15) is 9.90 Å². The molecule has 0 aliphatic heterocycles. The maximum absolute atomic E-state index is 12.4. The molecule has 0 radical (unpaired) electrons. The first-order chi connectivity index (χ1) is 10.4. The average molecular weight is 305 g/mol. The van der Waals surface area contributed by atoms with Crippen molar-refractivity contribution in [1.29, 1.82) is 0 Å². The van der Waals surface area contributed by atoms with Gasteiger partial charge in [0.05, 0.1) is 0 Å². The van der Waals surface area contributed by atoms with Crippen LogP contribution < -0.4 is 5.11 Å². The van der Waals surface area contributed by atoms with Crippen LogP contribution in [-0.4, -0.2) is 11.1 Å². The highest BCUT2D eigenvalue weighted by Crippen LogP contribution is 2.37. The average Bonchev–Trinajstić information content (AvgIpc) is 2.65. The molecule has 0 bridgehead atoms. The minimum Gasteiger partial charge on any atom is -0.875 e. The molecule has 0 aromatic carbocycles. The van der Waals surface area contributed by atoms with E-state index in [1.807, 2.05) is 13.8 Å². The Morgan fingerprint density at radius 3 is 1.64 bits per heavy atom. The Balaban J connectivity index is 2.31.